The van der Waals surface area contributed by atoms with Crippen LogP contribution in [0.15, 0.2) is 24.3 Å². The molecule has 5 nitrogen and oxygen atoms in total. The second kappa shape index (κ2) is 7.67. The topological polar surface area (TPSA) is 75.6 Å². The summed E-state index contributed by atoms with van der Waals surface area (Å²) < 4.78 is 5.66. The number of hydrogen-bond donors (Lipinski definition) is 2. The molecule has 2 unspecified atom stereocenters. The van der Waals surface area contributed by atoms with E-state index in [9.17, 15) is 9.59 Å². The van der Waals surface area contributed by atoms with Gasteiger partial charge in [-0.2, -0.15) is 0 Å². The lowest BCUT2D eigenvalue weighted by Crippen LogP contribution is -2.49. The smallest absolute Gasteiger partial charge is 0.326 e. The van der Waals surface area contributed by atoms with Crippen LogP contribution in [-0.4, -0.2) is 29.1 Å². The first-order valence-corrected chi connectivity index (χ1v) is 7.11. The summed E-state index contributed by atoms with van der Waals surface area (Å²) in [5, 5.41) is 11.7. The Labute approximate surface area is 125 Å². The Bertz CT molecular complexity index is 499. The molecule has 1 amide bonds. The Morgan fingerprint density at radius 2 is 2.00 bits per heavy atom. The molecule has 0 aliphatic heterocycles. The Morgan fingerprint density at radius 3 is 2.48 bits per heavy atom. The Morgan fingerprint density at radius 1 is 1.33 bits per heavy atom. The van der Waals surface area contributed by atoms with Gasteiger partial charge in [-0.25, -0.2) is 4.79 Å². The number of nitrogens with one attached hydrogen (secondary N) is 1. The minimum absolute atomic E-state index is 0.192. The van der Waals surface area contributed by atoms with Crippen LogP contribution in [0.5, 0.6) is 5.75 Å². The third kappa shape index (κ3) is 5.10. The number of amides is 1. The van der Waals surface area contributed by atoms with Crippen LogP contribution >= 0.6 is 0 Å². The molecule has 0 fully saturated rings. The number of carboxylic acids is 1. The van der Waals surface area contributed by atoms with E-state index in [2.05, 4.69) is 5.32 Å². The average molecular weight is 293 g/mol. The first-order valence-electron chi connectivity index (χ1n) is 7.11. The summed E-state index contributed by atoms with van der Waals surface area (Å²) in [6.45, 7) is 7.27. The molecule has 0 saturated carbocycles. The van der Waals surface area contributed by atoms with E-state index in [0.29, 0.717) is 12.2 Å². The van der Waals surface area contributed by atoms with Gasteiger partial charge in [0.05, 0.1) is 0 Å². The molecular formula is C16H23NO4. The summed E-state index contributed by atoms with van der Waals surface area (Å²) in [7, 11) is 0. The predicted molar refractivity (Wildman–Crippen MR) is 80.3 cm³/mol. The van der Waals surface area contributed by atoms with E-state index in [1.165, 1.54) is 0 Å². The maximum absolute atomic E-state index is 12.2. The number of aliphatic carboxylic acids is 1. The molecule has 0 bridgehead atoms. The van der Waals surface area contributed by atoms with Crippen LogP contribution in [-0.2, 0) is 9.59 Å². The third-order valence-electron chi connectivity index (χ3n) is 3.16. The van der Waals surface area contributed by atoms with Crippen molar-refractivity contribution in [3.8, 4) is 5.75 Å². The van der Waals surface area contributed by atoms with E-state index in [0.717, 1.165) is 5.56 Å². The van der Waals surface area contributed by atoms with Gasteiger partial charge in [-0.1, -0.05) is 32.9 Å². The standard InChI is InChI=1S/C16H23NO4/c1-5-13(21-12-8-6-7-11(4)9-12)15(18)17-14(10(2)3)16(19)20/h6-10,13-14H,5H2,1-4H3,(H,17,18)(H,19,20). The minimum atomic E-state index is -1.04. The zero-order valence-corrected chi connectivity index (χ0v) is 12.9. The van der Waals surface area contributed by atoms with Crippen LogP contribution in [0.2, 0.25) is 0 Å². The third-order valence-corrected chi connectivity index (χ3v) is 3.16. The molecule has 1 aromatic carbocycles. The molecule has 5 heteroatoms. The number of aryl methyl sites for hydroxylation is 1. The SMILES string of the molecule is CCC(Oc1cccc(C)c1)C(=O)NC(C(=O)O)C(C)C. The van der Waals surface area contributed by atoms with Gasteiger partial charge in [-0.15, -0.1) is 0 Å². The second-order valence-electron chi connectivity index (χ2n) is 5.40. The maximum atomic E-state index is 12.2. The summed E-state index contributed by atoms with van der Waals surface area (Å²) >= 11 is 0. The molecule has 21 heavy (non-hydrogen) atoms. The lowest BCUT2D eigenvalue weighted by Gasteiger charge is -2.22. The molecule has 0 aliphatic carbocycles. The van der Waals surface area contributed by atoms with Crippen molar-refractivity contribution in [3.63, 3.8) is 0 Å². The normalized spacial score (nSPS) is 13.6. The molecule has 116 valence electrons. The highest BCUT2D eigenvalue weighted by Crippen LogP contribution is 2.16. The van der Waals surface area contributed by atoms with Crippen LogP contribution in [0.1, 0.15) is 32.8 Å². The summed E-state index contributed by atoms with van der Waals surface area (Å²) in [4.78, 5) is 23.3. The van der Waals surface area contributed by atoms with Crippen molar-refractivity contribution in [2.24, 2.45) is 5.92 Å². The number of rotatable bonds is 7. The van der Waals surface area contributed by atoms with Gasteiger partial charge in [0.25, 0.3) is 5.91 Å². The van der Waals surface area contributed by atoms with Crippen molar-refractivity contribution < 1.29 is 19.4 Å². The van der Waals surface area contributed by atoms with Crippen molar-refractivity contribution in [2.45, 2.75) is 46.3 Å². The van der Waals surface area contributed by atoms with E-state index >= 15 is 0 Å². The lowest BCUT2D eigenvalue weighted by molar-refractivity contribution is -0.144. The van der Waals surface area contributed by atoms with Gasteiger partial charge in [0.15, 0.2) is 6.10 Å². The first-order chi connectivity index (χ1) is 9.85. The van der Waals surface area contributed by atoms with Crippen LogP contribution in [0.25, 0.3) is 0 Å². The molecular weight excluding hydrogens is 270 g/mol. The zero-order chi connectivity index (χ0) is 16.0. The molecule has 0 radical (unpaired) electrons. The molecule has 2 N–H and O–H groups in total. The monoisotopic (exact) mass is 293 g/mol. The largest absolute Gasteiger partial charge is 0.481 e. The fraction of sp³-hybridized carbons (Fsp3) is 0.500. The molecule has 0 spiro atoms. The van der Waals surface area contributed by atoms with E-state index < -0.39 is 24.0 Å². The van der Waals surface area contributed by atoms with Crippen molar-refractivity contribution in [3.05, 3.63) is 29.8 Å². The summed E-state index contributed by atoms with van der Waals surface area (Å²) in [6.07, 6.45) is -0.239. The van der Waals surface area contributed by atoms with Crippen molar-refractivity contribution in [2.75, 3.05) is 0 Å². The molecule has 0 saturated heterocycles. The van der Waals surface area contributed by atoms with Gasteiger partial charge in [0.2, 0.25) is 0 Å². The van der Waals surface area contributed by atoms with Crippen LogP contribution in [0.4, 0.5) is 0 Å². The zero-order valence-electron chi connectivity index (χ0n) is 12.9. The maximum Gasteiger partial charge on any atom is 0.326 e. The van der Waals surface area contributed by atoms with E-state index in [-0.39, 0.29) is 5.92 Å². The summed E-state index contributed by atoms with van der Waals surface area (Å²) in [5.41, 5.74) is 1.04. The molecule has 1 rings (SSSR count). The Balaban J connectivity index is 2.75. The lowest BCUT2D eigenvalue weighted by atomic mass is 10.0. The van der Waals surface area contributed by atoms with Crippen LogP contribution < -0.4 is 10.1 Å². The molecule has 0 aliphatic rings. The fourth-order valence-electron chi connectivity index (χ4n) is 1.93. The number of ether oxygens (including phenoxy) is 1. The van der Waals surface area contributed by atoms with Crippen molar-refractivity contribution in [1.82, 2.24) is 5.32 Å². The number of hydrogen-bond acceptors (Lipinski definition) is 3. The van der Waals surface area contributed by atoms with Gasteiger partial charge < -0.3 is 15.2 Å². The second-order valence-corrected chi connectivity index (χ2v) is 5.40. The van der Waals surface area contributed by atoms with Crippen LogP contribution in [0.3, 0.4) is 0 Å². The highest BCUT2D eigenvalue weighted by Gasteiger charge is 2.27. The molecule has 0 heterocycles. The Kier molecular flexibility index (Phi) is 6.21. The van der Waals surface area contributed by atoms with Gasteiger partial charge in [-0.05, 0) is 37.0 Å². The first kappa shape index (κ1) is 17.0. The molecule has 1 aromatic rings. The molecule has 2 atom stereocenters. The number of benzene rings is 1. The van der Waals surface area contributed by atoms with Crippen molar-refractivity contribution in [1.29, 1.82) is 0 Å². The highest BCUT2D eigenvalue weighted by atomic mass is 16.5. The van der Waals surface area contributed by atoms with E-state index in [1.54, 1.807) is 19.9 Å². The average Bonchev–Trinajstić information content (AvgIpc) is 2.41. The Hall–Kier alpha value is -2.04. The minimum Gasteiger partial charge on any atom is -0.481 e. The summed E-state index contributed by atoms with van der Waals surface area (Å²) in [5.74, 6) is -1.03. The summed E-state index contributed by atoms with van der Waals surface area (Å²) in [6, 6.07) is 6.50. The predicted octanol–water partition coefficient (Wildman–Crippen LogP) is 2.38. The van der Waals surface area contributed by atoms with Gasteiger partial charge in [0.1, 0.15) is 11.8 Å². The van der Waals surface area contributed by atoms with Crippen LogP contribution in [0, 0.1) is 12.8 Å². The van der Waals surface area contributed by atoms with Gasteiger partial charge >= 0.3 is 5.97 Å². The highest BCUT2D eigenvalue weighted by molar-refractivity contribution is 5.86. The van der Waals surface area contributed by atoms with Gasteiger partial charge in [-0.3, -0.25) is 4.79 Å². The van der Waals surface area contributed by atoms with E-state index in [4.69, 9.17) is 9.84 Å². The number of carboxylic acid groups (broad SMARTS) is 1. The number of carbonyl (C=O) groups excluding carboxylic acids is 1. The van der Waals surface area contributed by atoms with Crippen molar-refractivity contribution >= 4 is 11.9 Å². The number of carbonyl (C=O) groups is 2. The van der Waals surface area contributed by atoms with E-state index in [1.807, 2.05) is 32.0 Å². The van der Waals surface area contributed by atoms with Gasteiger partial charge in [0, 0.05) is 0 Å². The molecule has 0 aromatic heterocycles. The fourth-order valence-corrected chi connectivity index (χ4v) is 1.93. The quantitative estimate of drug-likeness (QED) is 0.809.